The Hall–Kier alpha value is -0.870. The van der Waals surface area contributed by atoms with Gasteiger partial charge in [-0.25, -0.2) is 0 Å². The Morgan fingerprint density at radius 1 is 1.47 bits per heavy atom. The number of likely N-dealkylation sites (N-methyl/N-ethyl adjacent to an activating group) is 1. The lowest BCUT2D eigenvalue weighted by atomic mass is 10.7. The highest BCUT2D eigenvalue weighted by atomic mass is 32.2. The van der Waals surface area contributed by atoms with Crippen molar-refractivity contribution >= 4 is 16.2 Å². The van der Waals surface area contributed by atoms with Crippen molar-refractivity contribution in [1.29, 1.82) is 0 Å². The molecule has 0 aliphatic carbocycles. The third-order valence-corrected chi connectivity index (χ3v) is 2.68. The second kappa shape index (κ2) is 4.77. The van der Waals surface area contributed by atoms with E-state index in [0.717, 1.165) is 7.05 Å². The summed E-state index contributed by atoms with van der Waals surface area (Å²) in [4.78, 5) is 10.1. The van der Waals surface area contributed by atoms with E-state index in [0.29, 0.717) is 0 Å². The van der Waals surface area contributed by atoms with Gasteiger partial charge in [0, 0.05) is 7.05 Å². The third kappa shape index (κ3) is 6.25. The van der Waals surface area contributed by atoms with Gasteiger partial charge in [-0.1, -0.05) is 0 Å². The van der Waals surface area contributed by atoms with Gasteiger partial charge in [-0.2, -0.15) is 30.6 Å². The first-order valence-corrected chi connectivity index (χ1v) is 4.98. The van der Waals surface area contributed by atoms with Crippen LogP contribution in [0.3, 0.4) is 0 Å². The first-order chi connectivity index (χ1) is 6.54. The topological polar surface area (TPSA) is 86.7 Å². The Kier molecular flexibility index (Phi) is 4.49. The summed E-state index contributed by atoms with van der Waals surface area (Å²) in [7, 11) is -3.55. The van der Waals surface area contributed by atoms with Crippen LogP contribution in [0.4, 0.5) is 13.2 Å². The van der Waals surface area contributed by atoms with Gasteiger partial charge in [-0.05, 0) is 0 Å². The Bertz CT molecular complexity index is 326. The molecule has 0 saturated heterocycles. The number of alkyl halides is 3. The predicted molar refractivity (Wildman–Crippen MR) is 43.2 cm³/mol. The van der Waals surface area contributed by atoms with E-state index in [-0.39, 0.29) is 4.31 Å². The van der Waals surface area contributed by atoms with E-state index in [1.807, 2.05) is 0 Å². The summed E-state index contributed by atoms with van der Waals surface area (Å²) in [5, 5.41) is 8.22. The number of hydrogen-bond acceptors (Lipinski definition) is 3. The maximum Gasteiger partial charge on any atom is 0.402 e. The quantitative estimate of drug-likeness (QED) is 0.682. The van der Waals surface area contributed by atoms with Gasteiger partial charge in [0.05, 0.1) is 0 Å². The van der Waals surface area contributed by atoms with Crippen LogP contribution >= 0.6 is 0 Å². The van der Waals surface area contributed by atoms with Gasteiger partial charge in [0.2, 0.25) is 0 Å². The maximum absolute atomic E-state index is 11.7. The fourth-order valence-corrected chi connectivity index (χ4v) is 1.41. The van der Waals surface area contributed by atoms with Gasteiger partial charge in [0.1, 0.15) is 13.1 Å². The fourth-order valence-electron chi connectivity index (χ4n) is 0.559. The van der Waals surface area contributed by atoms with Crippen molar-refractivity contribution < 1.29 is 31.5 Å². The number of nitrogens with zero attached hydrogens (tertiary/aromatic N) is 1. The number of carbonyl (C=O) groups is 1. The normalized spacial score (nSPS) is 13.1. The average molecular weight is 250 g/mol. The summed E-state index contributed by atoms with van der Waals surface area (Å²) in [5.41, 5.74) is 0. The number of carboxylic acids is 1. The molecule has 2 N–H and O–H groups in total. The Balaban J connectivity index is 4.37. The van der Waals surface area contributed by atoms with Crippen molar-refractivity contribution in [3.05, 3.63) is 0 Å². The van der Waals surface area contributed by atoms with Crippen molar-refractivity contribution in [1.82, 2.24) is 9.03 Å². The Morgan fingerprint density at radius 2 is 1.93 bits per heavy atom. The highest BCUT2D eigenvalue weighted by molar-refractivity contribution is 7.87. The average Bonchev–Trinajstić information content (AvgIpc) is 1.98. The van der Waals surface area contributed by atoms with Crippen molar-refractivity contribution in [2.75, 3.05) is 20.1 Å². The van der Waals surface area contributed by atoms with Crippen LogP contribution in [-0.4, -0.2) is 50.1 Å². The Labute approximate surface area is 83.9 Å². The van der Waals surface area contributed by atoms with Crippen molar-refractivity contribution in [3.8, 4) is 0 Å². The number of hydrogen-bond donors (Lipinski definition) is 2. The van der Waals surface area contributed by atoms with Crippen LogP contribution in [0.25, 0.3) is 0 Å². The number of aliphatic carboxylic acids is 1. The molecule has 0 aromatic carbocycles. The smallest absolute Gasteiger partial charge is 0.402 e. The van der Waals surface area contributed by atoms with E-state index >= 15 is 0 Å². The summed E-state index contributed by atoms with van der Waals surface area (Å²) >= 11 is 0. The third-order valence-electron chi connectivity index (χ3n) is 1.22. The zero-order valence-electron chi connectivity index (χ0n) is 7.58. The first-order valence-electron chi connectivity index (χ1n) is 3.54. The number of halogens is 3. The molecule has 0 rings (SSSR count). The summed E-state index contributed by atoms with van der Waals surface area (Å²) < 4.78 is 58.4. The molecule has 0 bridgehead atoms. The standard InChI is InChI=1S/C5H9F3N2O4S/c1-10(2-4(11)12)15(13,14)9-3-5(6,7)8/h9H,2-3H2,1H3,(H,11,12). The highest BCUT2D eigenvalue weighted by Crippen LogP contribution is 2.13. The van der Waals surface area contributed by atoms with Crippen LogP contribution in [0.2, 0.25) is 0 Å². The largest absolute Gasteiger partial charge is 0.480 e. The van der Waals surface area contributed by atoms with Crippen molar-refractivity contribution in [2.45, 2.75) is 6.18 Å². The molecule has 15 heavy (non-hydrogen) atoms. The highest BCUT2D eigenvalue weighted by Gasteiger charge is 2.31. The van der Waals surface area contributed by atoms with Gasteiger partial charge in [-0.3, -0.25) is 4.79 Å². The molecule has 0 amide bonds. The Morgan fingerprint density at radius 3 is 2.27 bits per heavy atom. The second-order valence-corrected chi connectivity index (χ2v) is 4.45. The summed E-state index contributed by atoms with van der Waals surface area (Å²) in [6.07, 6.45) is -4.68. The molecule has 0 unspecified atom stereocenters. The number of nitrogens with one attached hydrogen (secondary N) is 1. The summed E-state index contributed by atoms with van der Waals surface area (Å²) in [6, 6.07) is 0. The molecule has 0 aromatic rings. The van der Waals surface area contributed by atoms with Crippen LogP contribution < -0.4 is 4.72 Å². The molecule has 0 radical (unpaired) electrons. The molecule has 0 atom stereocenters. The summed E-state index contributed by atoms with van der Waals surface area (Å²) in [5.74, 6) is -1.46. The molecule has 6 nitrogen and oxygen atoms in total. The van der Waals surface area contributed by atoms with Crippen LogP contribution in [0, 0.1) is 0 Å². The minimum atomic E-state index is -4.68. The molecular weight excluding hydrogens is 241 g/mol. The van der Waals surface area contributed by atoms with Crippen LogP contribution in [0.1, 0.15) is 0 Å². The van der Waals surface area contributed by atoms with Gasteiger partial charge in [0.15, 0.2) is 0 Å². The molecular formula is C5H9F3N2O4S. The predicted octanol–water partition coefficient (Wildman–Crippen LogP) is -0.601. The van der Waals surface area contributed by atoms with Crippen molar-refractivity contribution in [3.63, 3.8) is 0 Å². The lowest BCUT2D eigenvalue weighted by molar-refractivity contribution is -0.137. The molecule has 0 aromatic heterocycles. The first kappa shape index (κ1) is 14.1. The molecule has 90 valence electrons. The number of rotatable bonds is 5. The van der Waals surface area contributed by atoms with Gasteiger partial charge < -0.3 is 5.11 Å². The monoisotopic (exact) mass is 250 g/mol. The zero-order chi connectivity index (χ0) is 12.3. The van der Waals surface area contributed by atoms with Crippen LogP contribution in [0.5, 0.6) is 0 Å². The lowest BCUT2D eigenvalue weighted by Gasteiger charge is -2.16. The zero-order valence-corrected chi connectivity index (χ0v) is 8.39. The molecule has 0 aliphatic heterocycles. The SMILES string of the molecule is CN(CC(=O)O)S(=O)(=O)NCC(F)(F)F. The molecule has 0 fully saturated rings. The lowest BCUT2D eigenvalue weighted by Crippen LogP contribution is -2.44. The van der Waals surface area contributed by atoms with E-state index < -0.39 is 35.4 Å². The van der Waals surface area contributed by atoms with E-state index in [2.05, 4.69) is 0 Å². The van der Waals surface area contributed by atoms with Gasteiger partial charge in [-0.15, -0.1) is 0 Å². The van der Waals surface area contributed by atoms with E-state index in [4.69, 9.17) is 5.11 Å². The second-order valence-electron chi connectivity index (χ2n) is 2.59. The summed E-state index contributed by atoms with van der Waals surface area (Å²) in [6.45, 7) is -2.65. The van der Waals surface area contributed by atoms with E-state index in [1.165, 1.54) is 4.72 Å². The molecule has 0 spiro atoms. The maximum atomic E-state index is 11.7. The molecule has 0 saturated carbocycles. The minimum absolute atomic E-state index is 0.265. The fraction of sp³-hybridized carbons (Fsp3) is 0.800. The van der Waals surface area contributed by atoms with E-state index in [1.54, 1.807) is 0 Å². The minimum Gasteiger partial charge on any atom is -0.480 e. The molecule has 10 heteroatoms. The number of carboxylic acid groups (broad SMARTS) is 1. The molecule has 0 heterocycles. The van der Waals surface area contributed by atoms with Gasteiger partial charge >= 0.3 is 12.1 Å². The van der Waals surface area contributed by atoms with Crippen LogP contribution in [-0.2, 0) is 15.0 Å². The molecule has 0 aliphatic rings. The van der Waals surface area contributed by atoms with Crippen molar-refractivity contribution in [2.24, 2.45) is 0 Å². The van der Waals surface area contributed by atoms with E-state index in [9.17, 15) is 26.4 Å². The van der Waals surface area contributed by atoms with Gasteiger partial charge in [0.25, 0.3) is 10.2 Å². The van der Waals surface area contributed by atoms with Crippen LogP contribution in [0.15, 0.2) is 0 Å².